The topological polar surface area (TPSA) is 241 Å². The summed E-state index contributed by atoms with van der Waals surface area (Å²) in [5, 5.41) is 50.9. The summed E-state index contributed by atoms with van der Waals surface area (Å²) in [4.78, 5) is 59.5. The number of carbonyl (C=O) groups is 6. The van der Waals surface area contributed by atoms with Crippen molar-refractivity contribution < 1.29 is 59.4 Å². The van der Waals surface area contributed by atoms with E-state index >= 15 is 0 Å². The van der Waals surface area contributed by atoms with E-state index in [-0.39, 0.29) is 48.9 Å². The maximum Gasteiger partial charge on any atom is 3.00 e. The summed E-state index contributed by atoms with van der Waals surface area (Å²) in [6, 6.07) is 0. The average Bonchev–Trinajstić information content (AvgIpc) is 2.64. The predicted octanol–water partition coefficient (Wildman–Crippen LogP) is -9.51. The molecular weight excluding hydrogens is 772 g/mol. The first-order valence-electron chi connectivity index (χ1n) is 6.73. The number of hydrogen-bond donors (Lipinski definition) is 6. The first-order chi connectivity index (χ1) is 13.4. The van der Waals surface area contributed by atoms with Crippen LogP contribution in [0.2, 0.25) is 0 Å². The van der Waals surface area contributed by atoms with Crippen LogP contribution in [0.4, 0.5) is 0 Å². The maximum absolute atomic E-state index is 9.92. The fraction of sp³-hybridized carbons (Fsp3) is 0.500. The van der Waals surface area contributed by atoms with Crippen LogP contribution >= 0.6 is 75.8 Å². The number of aliphatic carboxylic acids is 6. The summed E-state index contributed by atoms with van der Waals surface area (Å²) in [6.07, 6.45) is 0. The van der Waals surface area contributed by atoms with Crippen molar-refractivity contribution in [2.75, 3.05) is 0 Å². The van der Waals surface area contributed by atoms with Crippen molar-refractivity contribution in [1.29, 1.82) is 0 Å². The molecule has 0 heterocycles. The molecule has 0 amide bonds. The molecule has 178 valence electrons. The second kappa shape index (κ2) is 22.0. The molecular formula is C12H12O12S6Sb2. The molecule has 0 saturated heterocycles. The largest absolute Gasteiger partial charge is 3.00 e. The number of carbonyl (C=O) groups excluding carboxylic acids is 6. The zero-order valence-electron chi connectivity index (χ0n) is 14.9. The zero-order chi connectivity index (χ0) is 24.9. The van der Waals surface area contributed by atoms with Crippen LogP contribution in [0.1, 0.15) is 0 Å². The Labute approximate surface area is 249 Å². The fourth-order valence-corrected chi connectivity index (χ4v) is 1.50. The second-order valence-electron chi connectivity index (χ2n) is 4.58. The Morgan fingerprint density at radius 3 is 0.438 bits per heavy atom. The summed E-state index contributed by atoms with van der Waals surface area (Å²) >= 11 is 20.4. The summed E-state index contributed by atoms with van der Waals surface area (Å²) < 4.78 is 0. The normalized spacial score (nSPS) is 14.8. The predicted molar refractivity (Wildman–Crippen MR) is 118 cm³/mol. The smallest absolute Gasteiger partial charge is 0.549 e. The van der Waals surface area contributed by atoms with Crippen LogP contribution in [0.15, 0.2) is 0 Å². The molecule has 6 atom stereocenters. The van der Waals surface area contributed by atoms with Crippen LogP contribution in [0.3, 0.4) is 0 Å². The molecule has 20 heteroatoms. The zero-order valence-corrected chi connectivity index (χ0v) is 25.4. The van der Waals surface area contributed by atoms with Crippen molar-refractivity contribution >= 4 is 160 Å². The standard InChI is InChI=1S/3C4H6O4S2.2Sb/c3*5-3(6)1(9)2(10)4(7)8;;/h3*1-2,9-10H,(H,5,6)(H,7,8);;/q;;;2*+3/p-6. The van der Waals surface area contributed by atoms with Gasteiger partial charge in [0.05, 0.1) is 67.3 Å². The minimum absolute atomic E-state index is 0. The quantitative estimate of drug-likeness (QED) is 0.0945. The van der Waals surface area contributed by atoms with E-state index in [2.05, 4.69) is 75.8 Å². The van der Waals surface area contributed by atoms with Gasteiger partial charge in [0.15, 0.2) is 0 Å². The van der Waals surface area contributed by atoms with E-state index in [4.69, 9.17) is 0 Å². The average molecular weight is 784 g/mol. The Hall–Kier alpha value is 0.556. The molecule has 0 rings (SSSR count). The molecule has 0 fully saturated rings. The van der Waals surface area contributed by atoms with Gasteiger partial charge < -0.3 is 59.4 Å². The summed E-state index contributed by atoms with van der Waals surface area (Å²) in [6.45, 7) is 0. The second-order valence-corrected chi connectivity index (χ2v) is 7.92. The van der Waals surface area contributed by atoms with Gasteiger partial charge in [-0.2, -0.15) is 75.8 Å². The Kier molecular flexibility index (Phi) is 29.4. The van der Waals surface area contributed by atoms with E-state index in [9.17, 15) is 59.4 Å². The molecule has 12 nitrogen and oxygen atoms in total. The third-order valence-electron chi connectivity index (χ3n) is 2.35. The van der Waals surface area contributed by atoms with Crippen molar-refractivity contribution in [1.82, 2.24) is 0 Å². The van der Waals surface area contributed by atoms with E-state index < -0.39 is 67.3 Å². The van der Waals surface area contributed by atoms with Gasteiger partial charge in [0.1, 0.15) is 0 Å². The molecule has 32 heavy (non-hydrogen) atoms. The molecule has 0 bridgehead atoms. The molecule has 0 aromatic heterocycles. The summed E-state index contributed by atoms with van der Waals surface area (Å²) in [5.74, 6) is -9.46. The summed E-state index contributed by atoms with van der Waals surface area (Å²) in [5.41, 5.74) is 0. The molecule has 0 aromatic carbocycles. The number of carboxylic acid groups (broad SMARTS) is 6. The van der Waals surface area contributed by atoms with Crippen LogP contribution < -0.4 is 30.6 Å². The Bertz CT molecular complexity index is 514. The Morgan fingerprint density at radius 2 is 0.406 bits per heavy atom. The summed E-state index contributed by atoms with van der Waals surface area (Å²) in [7, 11) is 0. The van der Waals surface area contributed by atoms with Crippen LogP contribution in [0.25, 0.3) is 0 Å². The van der Waals surface area contributed by atoms with Crippen molar-refractivity contribution in [3.8, 4) is 0 Å². The van der Waals surface area contributed by atoms with Gasteiger partial charge in [-0.1, -0.05) is 0 Å². The van der Waals surface area contributed by atoms with Crippen LogP contribution in [-0.2, 0) is 28.8 Å². The molecule has 6 unspecified atom stereocenters. The van der Waals surface area contributed by atoms with Gasteiger partial charge in [-0.25, -0.2) is 0 Å². The van der Waals surface area contributed by atoms with Crippen molar-refractivity contribution in [3.63, 3.8) is 0 Å². The van der Waals surface area contributed by atoms with Crippen molar-refractivity contribution in [2.45, 2.75) is 31.5 Å². The van der Waals surface area contributed by atoms with Gasteiger partial charge >= 0.3 is 48.9 Å². The first kappa shape index (κ1) is 42.7. The van der Waals surface area contributed by atoms with E-state index in [0.29, 0.717) is 0 Å². The van der Waals surface area contributed by atoms with E-state index in [1.54, 1.807) is 0 Å². The van der Waals surface area contributed by atoms with Gasteiger partial charge in [0.2, 0.25) is 0 Å². The molecule has 4 radical (unpaired) electrons. The molecule has 0 spiro atoms. The number of rotatable bonds is 9. The third kappa shape index (κ3) is 20.0. The number of carboxylic acids is 6. The van der Waals surface area contributed by atoms with Crippen LogP contribution in [-0.4, -0.2) is 116 Å². The maximum atomic E-state index is 9.92. The fourth-order valence-electron chi connectivity index (χ4n) is 0.773. The molecule has 0 saturated carbocycles. The van der Waals surface area contributed by atoms with Gasteiger partial charge in [-0.05, 0) is 0 Å². The monoisotopic (exact) mass is 782 g/mol. The van der Waals surface area contributed by atoms with Crippen LogP contribution in [0.5, 0.6) is 0 Å². The first-order valence-corrected chi connectivity index (χ1v) is 9.83. The van der Waals surface area contributed by atoms with E-state index in [1.165, 1.54) is 0 Å². The molecule has 0 aliphatic heterocycles. The van der Waals surface area contributed by atoms with Gasteiger partial charge in [-0.3, -0.25) is 0 Å². The third-order valence-corrected chi connectivity index (χ3v) is 6.11. The minimum Gasteiger partial charge on any atom is -0.549 e. The van der Waals surface area contributed by atoms with E-state index in [1.807, 2.05) is 0 Å². The van der Waals surface area contributed by atoms with Gasteiger partial charge in [0, 0.05) is 0 Å². The molecule has 0 aliphatic carbocycles. The minimum atomic E-state index is -1.58. The molecule has 0 N–H and O–H groups in total. The van der Waals surface area contributed by atoms with Gasteiger partial charge in [-0.15, -0.1) is 0 Å². The van der Waals surface area contributed by atoms with Crippen LogP contribution in [0, 0.1) is 0 Å². The Morgan fingerprint density at radius 1 is 0.344 bits per heavy atom. The SMILES string of the molecule is O=C([O-])C(S)C(S)C(=O)[O-].O=C([O-])C(S)C(S)C(=O)[O-].O=C([O-])C(S)C(S)C(=O)[O-].[Sb+3].[Sb+3]. The molecule has 0 aromatic rings. The van der Waals surface area contributed by atoms with Crippen molar-refractivity contribution in [2.24, 2.45) is 0 Å². The number of hydrogen-bond acceptors (Lipinski definition) is 18. The Balaban J connectivity index is -0.000000110. The number of thiol groups is 6. The molecule has 0 aliphatic rings. The van der Waals surface area contributed by atoms with Crippen molar-refractivity contribution in [3.05, 3.63) is 0 Å². The van der Waals surface area contributed by atoms with Gasteiger partial charge in [0.25, 0.3) is 0 Å². The van der Waals surface area contributed by atoms with E-state index in [0.717, 1.165) is 0 Å².